The van der Waals surface area contributed by atoms with Gasteiger partial charge in [0, 0.05) is 23.6 Å². The zero-order valence-electron chi connectivity index (χ0n) is 10.0. The lowest BCUT2D eigenvalue weighted by Gasteiger charge is -2.16. The van der Waals surface area contributed by atoms with Crippen molar-refractivity contribution in [2.45, 2.75) is 16.8 Å². The van der Waals surface area contributed by atoms with Gasteiger partial charge in [0.15, 0.2) is 5.82 Å². The van der Waals surface area contributed by atoms with Crippen LogP contribution in [-0.4, -0.2) is 18.6 Å². The molecule has 1 aliphatic rings. The zero-order chi connectivity index (χ0) is 14.3. The highest BCUT2D eigenvalue weighted by Gasteiger charge is 2.31. The van der Waals surface area contributed by atoms with E-state index in [0.717, 1.165) is 29.3 Å². The minimum Gasteiger partial charge on any atom is -0.299 e. The number of nitrogens with zero attached hydrogens (tertiary/aromatic N) is 3. The summed E-state index contributed by atoms with van der Waals surface area (Å²) in [5.41, 5.74) is 2.29. The fourth-order valence-electron chi connectivity index (χ4n) is 2.09. The van der Waals surface area contributed by atoms with Crippen molar-refractivity contribution in [1.29, 1.82) is 0 Å². The highest BCUT2D eigenvalue weighted by molar-refractivity contribution is 7.03. The van der Waals surface area contributed by atoms with Crippen molar-refractivity contribution < 1.29 is 4.79 Å². The summed E-state index contributed by atoms with van der Waals surface area (Å²) in [7, 11) is 0. The third kappa shape index (κ3) is 2.51. The largest absolute Gasteiger partial charge is 0.300 e. The molecule has 2 aromatic rings. The number of benzene rings is 1. The van der Waals surface area contributed by atoms with E-state index in [1.807, 2.05) is 22.8 Å². The minimum atomic E-state index is -2.04. The van der Waals surface area contributed by atoms with Gasteiger partial charge in [0.2, 0.25) is 4.80 Å². The first kappa shape index (κ1) is 14.1. The Balaban J connectivity index is 2.11. The summed E-state index contributed by atoms with van der Waals surface area (Å²) in [6.07, 6.45) is 0.858. The van der Waals surface area contributed by atoms with Crippen molar-refractivity contribution >= 4 is 52.2 Å². The summed E-state index contributed by atoms with van der Waals surface area (Å²) in [5, 5.41) is 0. The van der Waals surface area contributed by atoms with Gasteiger partial charge in [-0.05, 0) is 12.0 Å². The van der Waals surface area contributed by atoms with Crippen LogP contribution >= 0.6 is 46.3 Å². The Bertz CT molecular complexity index is 745. The van der Waals surface area contributed by atoms with Crippen LogP contribution in [0, 0.1) is 0 Å². The normalized spacial score (nSPS) is 14.8. The van der Waals surface area contributed by atoms with Gasteiger partial charge in [-0.1, -0.05) is 59.1 Å². The summed E-state index contributed by atoms with van der Waals surface area (Å²) >= 11 is 17.7. The van der Waals surface area contributed by atoms with Crippen LogP contribution in [0.3, 0.4) is 0 Å². The smallest absolute Gasteiger partial charge is 0.299 e. The number of hydrogen-bond donors (Lipinski definition) is 0. The van der Waals surface area contributed by atoms with E-state index in [4.69, 9.17) is 34.8 Å². The van der Waals surface area contributed by atoms with Gasteiger partial charge in [0.1, 0.15) is 0 Å². The molecule has 1 aromatic heterocycles. The lowest BCUT2D eigenvalue weighted by atomic mass is 10.0. The third-order valence-corrected chi connectivity index (χ3v) is 4.23. The van der Waals surface area contributed by atoms with Crippen LogP contribution in [0.4, 0.5) is 0 Å². The van der Waals surface area contributed by atoms with E-state index in [1.54, 1.807) is 0 Å². The maximum Gasteiger partial charge on any atom is 0.300 e. The molecule has 0 saturated heterocycles. The molecule has 1 aromatic carbocycles. The van der Waals surface area contributed by atoms with Crippen LogP contribution in [0.2, 0.25) is 0 Å². The maximum atomic E-state index is 11.7. The Hall–Kier alpha value is -0.880. The number of aromatic nitrogens is 2. The Labute approximate surface area is 133 Å². The van der Waals surface area contributed by atoms with Crippen LogP contribution in [-0.2, 0) is 17.8 Å². The van der Waals surface area contributed by atoms with Crippen molar-refractivity contribution in [2.24, 2.45) is 4.99 Å². The van der Waals surface area contributed by atoms with Gasteiger partial charge in [-0.15, -0.1) is 0 Å². The number of rotatable bonds is 0. The molecule has 104 valence electrons. The van der Waals surface area contributed by atoms with E-state index < -0.39 is 9.70 Å². The summed E-state index contributed by atoms with van der Waals surface area (Å²) in [4.78, 5) is 16.0. The molecule has 2 heterocycles. The molecule has 0 bridgehead atoms. The predicted octanol–water partition coefficient (Wildman–Crippen LogP) is 2.97. The van der Waals surface area contributed by atoms with E-state index in [1.165, 1.54) is 5.56 Å². The molecule has 0 spiro atoms. The molecule has 0 N–H and O–H groups in total. The Morgan fingerprint density at radius 2 is 2.10 bits per heavy atom. The van der Waals surface area contributed by atoms with Crippen molar-refractivity contribution in [2.75, 3.05) is 0 Å². The quantitative estimate of drug-likeness (QED) is 0.687. The van der Waals surface area contributed by atoms with Crippen molar-refractivity contribution in [1.82, 2.24) is 8.94 Å². The van der Waals surface area contributed by atoms with Gasteiger partial charge < -0.3 is 0 Å². The number of alkyl halides is 3. The second-order valence-electron chi connectivity index (χ2n) is 4.26. The number of fused-ring (bicyclic) bond motifs is 3. The first-order chi connectivity index (χ1) is 9.47. The van der Waals surface area contributed by atoms with Gasteiger partial charge in [0.25, 0.3) is 9.70 Å². The number of carbonyl (C=O) groups is 1. The molecule has 20 heavy (non-hydrogen) atoms. The molecular weight excluding hydrogens is 341 g/mol. The second-order valence-corrected chi connectivity index (χ2v) is 7.27. The minimum absolute atomic E-state index is 0.450. The van der Waals surface area contributed by atoms with E-state index >= 15 is 0 Å². The standard InChI is InChI=1S/C12H8Cl3N3OS/c13-12(14,15)10(19)16-11-18-6-5-7-3-1-2-4-8(7)9(18)17-20-11/h1-4H,5-6H2. The zero-order valence-corrected chi connectivity index (χ0v) is 13.1. The molecule has 0 atom stereocenters. The predicted molar refractivity (Wildman–Crippen MR) is 80.1 cm³/mol. The molecule has 0 radical (unpaired) electrons. The van der Waals surface area contributed by atoms with Crippen molar-refractivity contribution in [3.05, 3.63) is 34.6 Å². The molecule has 3 rings (SSSR count). The summed E-state index contributed by atoms with van der Waals surface area (Å²) < 4.78 is 4.20. The number of halogens is 3. The lowest BCUT2D eigenvalue weighted by Crippen LogP contribution is -2.25. The van der Waals surface area contributed by atoms with Crippen LogP contribution < -0.4 is 4.80 Å². The average Bonchev–Trinajstić information content (AvgIpc) is 2.81. The van der Waals surface area contributed by atoms with Gasteiger partial charge in [0.05, 0.1) is 0 Å². The Morgan fingerprint density at radius 3 is 2.85 bits per heavy atom. The van der Waals surface area contributed by atoms with E-state index in [9.17, 15) is 4.79 Å². The van der Waals surface area contributed by atoms with Crippen LogP contribution in [0.1, 0.15) is 5.56 Å². The van der Waals surface area contributed by atoms with Gasteiger partial charge in [-0.25, -0.2) is 0 Å². The molecule has 4 nitrogen and oxygen atoms in total. The average molecular weight is 349 g/mol. The Morgan fingerprint density at radius 1 is 1.35 bits per heavy atom. The molecule has 0 saturated carbocycles. The number of aryl methyl sites for hydroxylation is 1. The molecule has 1 aliphatic heterocycles. The second kappa shape index (κ2) is 5.15. The van der Waals surface area contributed by atoms with Crippen LogP contribution in [0.15, 0.2) is 29.3 Å². The molecular formula is C12H8Cl3N3OS. The van der Waals surface area contributed by atoms with Crippen molar-refractivity contribution in [3.8, 4) is 11.4 Å². The monoisotopic (exact) mass is 347 g/mol. The topological polar surface area (TPSA) is 47.2 Å². The third-order valence-electron chi connectivity index (χ3n) is 3.00. The highest BCUT2D eigenvalue weighted by Crippen LogP contribution is 2.28. The SMILES string of the molecule is O=C(N=c1snc2n1CCc1ccccc1-2)C(Cl)(Cl)Cl. The van der Waals surface area contributed by atoms with Gasteiger partial charge in [-0.2, -0.15) is 9.37 Å². The van der Waals surface area contributed by atoms with E-state index in [0.29, 0.717) is 11.3 Å². The van der Waals surface area contributed by atoms with Gasteiger partial charge in [-0.3, -0.25) is 9.36 Å². The molecule has 0 fully saturated rings. The van der Waals surface area contributed by atoms with E-state index in [2.05, 4.69) is 15.4 Å². The first-order valence-electron chi connectivity index (χ1n) is 5.77. The number of amides is 1. The fourth-order valence-corrected chi connectivity index (χ4v) is 2.98. The van der Waals surface area contributed by atoms with Gasteiger partial charge >= 0.3 is 0 Å². The molecule has 0 aliphatic carbocycles. The Kier molecular flexibility index (Phi) is 3.62. The molecule has 8 heteroatoms. The summed E-state index contributed by atoms with van der Waals surface area (Å²) in [6.45, 7) is 0.703. The highest BCUT2D eigenvalue weighted by atomic mass is 35.6. The lowest BCUT2D eigenvalue weighted by molar-refractivity contribution is -0.117. The summed E-state index contributed by atoms with van der Waals surface area (Å²) in [5.74, 6) is -0.00646. The van der Waals surface area contributed by atoms with E-state index in [-0.39, 0.29) is 0 Å². The number of hydrogen-bond acceptors (Lipinski definition) is 3. The summed E-state index contributed by atoms with van der Waals surface area (Å²) in [6, 6.07) is 8.03. The van der Waals surface area contributed by atoms with Crippen LogP contribution in [0.5, 0.6) is 0 Å². The van der Waals surface area contributed by atoms with Crippen molar-refractivity contribution in [3.63, 3.8) is 0 Å². The fraction of sp³-hybridized carbons (Fsp3) is 0.250. The molecule has 0 unspecified atom stereocenters. The molecule has 1 amide bonds. The first-order valence-corrected chi connectivity index (χ1v) is 7.68. The number of carbonyl (C=O) groups excluding carboxylic acids is 1. The van der Waals surface area contributed by atoms with Crippen LogP contribution in [0.25, 0.3) is 11.4 Å². The maximum absolute atomic E-state index is 11.7.